The number of aromatic nitrogens is 1. The Bertz CT molecular complexity index is 1170. The maximum absolute atomic E-state index is 14.1. The summed E-state index contributed by atoms with van der Waals surface area (Å²) < 4.78 is 30.9. The Labute approximate surface area is 162 Å². The number of hydrogen-bond donors (Lipinski definition) is 0. The number of ether oxygens (including phenoxy) is 2. The number of benzene rings is 2. The first kappa shape index (κ1) is 16.8. The molecule has 0 N–H and O–H groups in total. The summed E-state index contributed by atoms with van der Waals surface area (Å²) in [6.45, 7) is 0.294. The second-order valence-corrected chi connectivity index (χ2v) is 7.13. The number of rotatable bonds is 4. The zero-order valence-electron chi connectivity index (χ0n) is 14.4. The Balaban J connectivity index is 1.57. The van der Waals surface area contributed by atoms with E-state index in [0.29, 0.717) is 32.7 Å². The molecule has 0 saturated carbocycles. The quantitative estimate of drug-likeness (QED) is 0.504. The molecule has 28 heavy (non-hydrogen) atoms. The Morgan fingerprint density at radius 1 is 1.14 bits per heavy atom. The monoisotopic (exact) mass is 396 g/mol. The molecular formula is C20H13FN2O4S. The van der Waals surface area contributed by atoms with E-state index in [0.717, 1.165) is 0 Å². The lowest BCUT2D eigenvalue weighted by atomic mass is 10.1. The summed E-state index contributed by atoms with van der Waals surface area (Å²) in [5, 5.41) is 0.388. The van der Waals surface area contributed by atoms with Crippen molar-refractivity contribution in [3.8, 4) is 11.5 Å². The number of anilines is 1. The molecular weight excluding hydrogens is 383 g/mol. The Morgan fingerprint density at radius 2 is 2.04 bits per heavy atom. The molecule has 1 amide bonds. The Kier molecular flexibility index (Phi) is 3.98. The fourth-order valence-electron chi connectivity index (χ4n) is 2.99. The van der Waals surface area contributed by atoms with Crippen molar-refractivity contribution >= 4 is 32.6 Å². The van der Waals surface area contributed by atoms with Crippen molar-refractivity contribution in [3.63, 3.8) is 0 Å². The fraction of sp³-hybridized carbons (Fsp3) is 0.100. The van der Waals surface area contributed by atoms with Crippen LogP contribution in [0.15, 0.2) is 59.2 Å². The largest absolute Gasteiger partial charge is 0.467 e. The standard InChI is InChI=1S/C20H13FN2O4S/c21-14-4-1-5-17-18(14)22-20(28-17)23(10-13-3-2-8-25-13)19(24)12-6-7-15-16(9-12)27-11-26-15/h1-9H,10-11H2. The highest BCUT2D eigenvalue weighted by Crippen LogP contribution is 2.35. The summed E-state index contributed by atoms with van der Waals surface area (Å²) in [5.41, 5.74) is 0.654. The molecule has 0 radical (unpaired) electrons. The van der Waals surface area contributed by atoms with Crippen molar-refractivity contribution in [2.24, 2.45) is 0 Å². The third-order valence-electron chi connectivity index (χ3n) is 4.35. The highest BCUT2D eigenvalue weighted by atomic mass is 32.1. The molecule has 0 aliphatic carbocycles. The minimum atomic E-state index is -0.423. The molecule has 4 aromatic rings. The highest BCUT2D eigenvalue weighted by molar-refractivity contribution is 7.22. The maximum Gasteiger partial charge on any atom is 0.260 e. The second-order valence-electron chi connectivity index (χ2n) is 6.12. The van der Waals surface area contributed by atoms with Crippen LogP contribution < -0.4 is 14.4 Å². The van der Waals surface area contributed by atoms with E-state index in [1.54, 1.807) is 42.5 Å². The number of furan rings is 1. The first-order chi connectivity index (χ1) is 13.7. The van der Waals surface area contributed by atoms with Gasteiger partial charge in [-0.2, -0.15) is 0 Å². The molecule has 0 spiro atoms. The Morgan fingerprint density at radius 3 is 2.86 bits per heavy atom. The average Bonchev–Trinajstić information content (AvgIpc) is 3.45. The van der Waals surface area contributed by atoms with Gasteiger partial charge in [0, 0.05) is 5.56 Å². The molecule has 140 valence electrons. The third-order valence-corrected chi connectivity index (χ3v) is 5.39. The van der Waals surface area contributed by atoms with Gasteiger partial charge in [-0.15, -0.1) is 0 Å². The SMILES string of the molecule is O=C(c1ccc2c(c1)OCO2)N(Cc1ccco1)c1nc2c(F)cccc2s1. The molecule has 0 unspecified atom stereocenters. The first-order valence-corrected chi connectivity index (χ1v) is 9.29. The molecule has 0 saturated heterocycles. The van der Waals surface area contributed by atoms with Gasteiger partial charge in [-0.25, -0.2) is 9.37 Å². The highest BCUT2D eigenvalue weighted by Gasteiger charge is 2.25. The van der Waals surface area contributed by atoms with E-state index in [1.807, 2.05) is 0 Å². The van der Waals surface area contributed by atoms with Crippen molar-refractivity contribution < 1.29 is 23.1 Å². The lowest BCUT2D eigenvalue weighted by Gasteiger charge is -2.19. The van der Waals surface area contributed by atoms with E-state index in [2.05, 4.69) is 4.98 Å². The number of para-hydroxylation sites is 1. The van der Waals surface area contributed by atoms with Crippen molar-refractivity contribution in [2.75, 3.05) is 11.7 Å². The number of amides is 1. The van der Waals surface area contributed by atoms with Crippen molar-refractivity contribution in [1.29, 1.82) is 0 Å². The van der Waals surface area contributed by atoms with Crippen LogP contribution >= 0.6 is 11.3 Å². The zero-order valence-corrected chi connectivity index (χ0v) is 15.2. The summed E-state index contributed by atoms with van der Waals surface area (Å²) >= 11 is 1.25. The molecule has 8 heteroatoms. The molecule has 1 aliphatic rings. The normalized spacial score (nSPS) is 12.5. The first-order valence-electron chi connectivity index (χ1n) is 8.48. The van der Waals surface area contributed by atoms with Gasteiger partial charge in [-0.3, -0.25) is 9.69 Å². The predicted octanol–water partition coefficient (Wildman–Crippen LogP) is 4.60. The number of nitrogens with zero attached hydrogens (tertiary/aromatic N) is 2. The third kappa shape index (κ3) is 2.87. The molecule has 6 nitrogen and oxygen atoms in total. The summed E-state index contributed by atoms with van der Waals surface area (Å²) in [7, 11) is 0. The van der Waals surface area contributed by atoms with Crippen LogP contribution in [0.4, 0.5) is 9.52 Å². The van der Waals surface area contributed by atoms with Gasteiger partial charge in [-0.05, 0) is 42.5 Å². The summed E-state index contributed by atoms with van der Waals surface area (Å²) in [6, 6.07) is 13.3. The molecule has 2 aromatic carbocycles. The van der Waals surface area contributed by atoms with Gasteiger partial charge in [0.25, 0.3) is 5.91 Å². The molecule has 2 aromatic heterocycles. The molecule has 5 rings (SSSR count). The zero-order chi connectivity index (χ0) is 19.1. The van der Waals surface area contributed by atoms with Gasteiger partial charge in [0.15, 0.2) is 16.6 Å². The van der Waals surface area contributed by atoms with Crippen LogP contribution in [0.3, 0.4) is 0 Å². The summed E-state index contributed by atoms with van der Waals surface area (Å²) in [4.78, 5) is 19.1. The number of thiazole rings is 1. The number of halogens is 1. The second kappa shape index (κ2) is 6.65. The summed E-state index contributed by atoms with van der Waals surface area (Å²) in [5.74, 6) is 0.979. The summed E-state index contributed by atoms with van der Waals surface area (Å²) in [6.07, 6.45) is 1.54. The van der Waals surface area contributed by atoms with E-state index < -0.39 is 5.82 Å². The molecule has 0 atom stereocenters. The molecule has 0 bridgehead atoms. The number of carbonyl (C=O) groups excluding carboxylic acids is 1. The van der Waals surface area contributed by atoms with Gasteiger partial charge < -0.3 is 13.9 Å². The minimum absolute atomic E-state index is 0.125. The van der Waals surface area contributed by atoms with Crippen LogP contribution in [0.2, 0.25) is 0 Å². The van der Waals surface area contributed by atoms with Crippen LogP contribution in [-0.4, -0.2) is 17.7 Å². The van der Waals surface area contributed by atoms with E-state index >= 15 is 0 Å². The van der Waals surface area contributed by atoms with Crippen LogP contribution in [0.1, 0.15) is 16.1 Å². The van der Waals surface area contributed by atoms with E-state index in [-0.39, 0.29) is 24.8 Å². The number of carbonyl (C=O) groups is 1. The van der Waals surface area contributed by atoms with E-state index in [1.165, 1.54) is 28.6 Å². The maximum atomic E-state index is 14.1. The minimum Gasteiger partial charge on any atom is -0.467 e. The van der Waals surface area contributed by atoms with Gasteiger partial charge in [0.05, 0.1) is 17.5 Å². The van der Waals surface area contributed by atoms with E-state index in [9.17, 15) is 9.18 Å². The number of fused-ring (bicyclic) bond motifs is 2. The molecule has 1 aliphatic heterocycles. The van der Waals surface area contributed by atoms with Crippen LogP contribution in [-0.2, 0) is 6.54 Å². The molecule has 3 heterocycles. The predicted molar refractivity (Wildman–Crippen MR) is 101 cm³/mol. The Hall–Kier alpha value is -3.39. The van der Waals surface area contributed by atoms with Crippen LogP contribution in [0.5, 0.6) is 11.5 Å². The van der Waals surface area contributed by atoms with Gasteiger partial charge in [0.2, 0.25) is 6.79 Å². The van der Waals surface area contributed by atoms with Gasteiger partial charge in [0.1, 0.15) is 17.1 Å². The molecule has 0 fully saturated rings. The van der Waals surface area contributed by atoms with E-state index in [4.69, 9.17) is 13.9 Å². The van der Waals surface area contributed by atoms with Crippen LogP contribution in [0.25, 0.3) is 10.2 Å². The van der Waals surface area contributed by atoms with Gasteiger partial charge >= 0.3 is 0 Å². The van der Waals surface area contributed by atoms with Crippen LogP contribution in [0, 0.1) is 5.82 Å². The van der Waals surface area contributed by atoms with Crippen molar-refractivity contribution in [3.05, 3.63) is 71.9 Å². The van der Waals surface area contributed by atoms with Crippen molar-refractivity contribution in [2.45, 2.75) is 6.54 Å². The smallest absolute Gasteiger partial charge is 0.260 e. The number of hydrogen-bond acceptors (Lipinski definition) is 6. The topological polar surface area (TPSA) is 64.8 Å². The lowest BCUT2D eigenvalue weighted by molar-refractivity contribution is 0.0982. The van der Waals surface area contributed by atoms with Gasteiger partial charge in [-0.1, -0.05) is 17.4 Å². The average molecular weight is 396 g/mol. The van der Waals surface area contributed by atoms with Crippen molar-refractivity contribution in [1.82, 2.24) is 4.98 Å². The lowest BCUT2D eigenvalue weighted by Crippen LogP contribution is -2.30. The fourth-order valence-corrected chi connectivity index (χ4v) is 3.97.